The van der Waals surface area contributed by atoms with Crippen LogP contribution < -0.4 is 0 Å². The normalized spacial score (nSPS) is 32.9. The minimum Gasteiger partial charge on any atom is -0.475 e. The Balaban J connectivity index is 1.98. The summed E-state index contributed by atoms with van der Waals surface area (Å²) in [5, 5.41) is 12.2. The lowest BCUT2D eigenvalue weighted by Gasteiger charge is -2.22. The van der Waals surface area contributed by atoms with Gasteiger partial charge in [0.15, 0.2) is 0 Å². The van der Waals surface area contributed by atoms with Gasteiger partial charge in [-0.1, -0.05) is 0 Å². The highest BCUT2D eigenvalue weighted by atomic mass is 16.5. The molecule has 1 aliphatic heterocycles. The Labute approximate surface area is 91.6 Å². The maximum Gasteiger partial charge on any atom is 0.377 e. The molecular weight excluding hydrogens is 212 g/mol. The highest BCUT2D eigenvalue weighted by Gasteiger charge is 2.52. The standard InChI is InChI=1S/C10H12N2O4/c13-8(14)7-11-9(16-12-7)10-3-1-2-6(10)15-5-4-10/h6H,1-5H2,(H,13,14). The van der Waals surface area contributed by atoms with Crippen molar-refractivity contribution in [1.29, 1.82) is 0 Å². The van der Waals surface area contributed by atoms with Gasteiger partial charge in [0.05, 0.1) is 11.5 Å². The fourth-order valence-corrected chi connectivity index (χ4v) is 2.82. The summed E-state index contributed by atoms with van der Waals surface area (Å²) in [5.41, 5.74) is -0.222. The smallest absolute Gasteiger partial charge is 0.377 e. The fourth-order valence-electron chi connectivity index (χ4n) is 2.82. The Bertz CT molecular complexity index is 418. The van der Waals surface area contributed by atoms with Gasteiger partial charge in [0, 0.05) is 6.61 Å². The van der Waals surface area contributed by atoms with Crippen LogP contribution in [0, 0.1) is 0 Å². The molecule has 1 aliphatic carbocycles. The molecule has 1 aromatic rings. The summed E-state index contributed by atoms with van der Waals surface area (Å²) in [4.78, 5) is 14.7. The molecule has 2 atom stereocenters. The number of ether oxygens (including phenoxy) is 1. The number of carbonyl (C=O) groups is 1. The first-order valence-electron chi connectivity index (χ1n) is 5.41. The Morgan fingerprint density at radius 2 is 2.38 bits per heavy atom. The van der Waals surface area contributed by atoms with Gasteiger partial charge in [-0.15, -0.1) is 0 Å². The molecule has 2 fully saturated rings. The Kier molecular flexibility index (Phi) is 2.00. The first-order chi connectivity index (χ1) is 7.72. The Hall–Kier alpha value is -1.43. The first kappa shape index (κ1) is 9.77. The van der Waals surface area contributed by atoms with E-state index < -0.39 is 5.97 Å². The number of aromatic nitrogens is 2. The highest BCUT2D eigenvalue weighted by molar-refractivity contribution is 5.82. The second-order valence-electron chi connectivity index (χ2n) is 4.39. The van der Waals surface area contributed by atoms with E-state index in [0.717, 1.165) is 25.7 Å². The fraction of sp³-hybridized carbons (Fsp3) is 0.700. The maximum atomic E-state index is 10.7. The van der Waals surface area contributed by atoms with Crippen molar-refractivity contribution in [2.24, 2.45) is 0 Å². The molecule has 0 aromatic carbocycles. The van der Waals surface area contributed by atoms with Gasteiger partial charge >= 0.3 is 5.97 Å². The van der Waals surface area contributed by atoms with E-state index in [2.05, 4.69) is 10.1 Å². The molecule has 0 amide bonds. The van der Waals surface area contributed by atoms with Crippen LogP contribution in [-0.4, -0.2) is 33.9 Å². The molecule has 2 unspecified atom stereocenters. The quantitative estimate of drug-likeness (QED) is 0.805. The predicted octanol–water partition coefficient (Wildman–Crippen LogP) is 0.978. The lowest BCUT2D eigenvalue weighted by atomic mass is 9.83. The van der Waals surface area contributed by atoms with Crippen LogP contribution in [-0.2, 0) is 10.2 Å². The van der Waals surface area contributed by atoms with Crippen molar-refractivity contribution >= 4 is 5.97 Å². The number of fused-ring (bicyclic) bond motifs is 1. The third-order valence-corrected chi connectivity index (χ3v) is 3.62. The molecule has 1 aromatic heterocycles. The maximum absolute atomic E-state index is 10.7. The molecule has 0 bridgehead atoms. The second-order valence-corrected chi connectivity index (χ2v) is 4.39. The van der Waals surface area contributed by atoms with E-state index >= 15 is 0 Å². The minimum atomic E-state index is -1.15. The zero-order valence-electron chi connectivity index (χ0n) is 8.68. The first-order valence-corrected chi connectivity index (χ1v) is 5.41. The molecule has 6 nitrogen and oxygen atoms in total. The van der Waals surface area contributed by atoms with Crippen molar-refractivity contribution < 1.29 is 19.2 Å². The van der Waals surface area contributed by atoms with Gasteiger partial charge in [0.2, 0.25) is 5.89 Å². The van der Waals surface area contributed by atoms with Crippen molar-refractivity contribution in [3.63, 3.8) is 0 Å². The van der Waals surface area contributed by atoms with E-state index in [4.69, 9.17) is 14.4 Å². The van der Waals surface area contributed by atoms with Gasteiger partial charge in [0.25, 0.3) is 5.82 Å². The summed E-state index contributed by atoms with van der Waals surface area (Å²) in [6.45, 7) is 0.690. The summed E-state index contributed by atoms with van der Waals surface area (Å²) >= 11 is 0. The van der Waals surface area contributed by atoms with Crippen LogP contribution >= 0.6 is 0 Å². The number of hydrogen-bond donors (Lipinski definition) is 1. The van der Waals surface area contributed by atoms with E-state index in [-0.39, 0.29) is 17.3 Å². The van der Waals surface area contributed by atoms with Crippen LogP contribution in [0.2, 0.25) is 0 Å². The molecule has 16 heavy (non-hydrogen) atoms. The molecule has 1 saturated carbocycles. The van der Waals surface area contributed by atoms with Gasteiger partial charge in [-0.25, -0.2) is 4.79 Å². The third kappa shape index (κ3) is 1.19. The summed E-state index contributed by atoms with van der Waals surface area (Å²) in [6.07, 6.45) is 3.97. The van der Waals surface area contributed by atoms with Crippen molar-refractivity contribution in [2.45, 2.75) is 37.2 Å². The van der Waals surface area contributed by atoms with Crippen LogP contribution in [0.4, 0.5) is 0 Å². The predicted molar refractivity (Wildman–Crippen MR) is 51.1 cm³/mol. The second kappa shape index (κ2) is 3.28. The van der Waals surface area contributed by atoms with Crippen molar-refractivity contribution in [2.75, 3.05) is 6.61 Å². The van der Waals surface area contributed by atoms with Gasteiger partial charge in [-0.3, -0.25) is 0 Å². The van der Waals surface area contributed by atoms with E-state index in [9.17, 15) is 4.79 Å². The molecule has 86 valence electrons. The van der Waals surface area contributed by atoms with Crippen LogP contribution in [0.3, 0.4) is 0 Å². The van der Waals surface area contributed by atoms with Crippen LogP contribution in [0.25, 0.3) is 0 Å². The SMILES string of the molecule is O=C(O)c1noc(C23CCCC2OCC3)n1. The molecule has 1 N–H and O–H groups in total. The van der Waals surface area contributed by atoms with Gasteiger partial charge < -0.3 is 14.4 Å². The molecular formula is C10H12N2O4. The van der Waals surface area contributed by atoms with Crippen LogP contribution in [0.15, 0.2) is 4.52 Å². The molecule has 1 saturated heterocycles. The Morgan fingerprint density at radius 1 is 1.50 bits per heavy atom. The van der Waals surface area contributed by atoms with Crippen molar-refractivity contribution in [3.05, 3.63) is 11.7 Å². The minimum absolute atomic E-state index is 0.120. The average Bonchev–Trinajstić information content (AvgIpc) is 2.91. The summed E-state index contributed by atoms with van der Waals surface area (Å²) in [7, 11) is 0. The zero-order chi connectivity index (χ0) is 11.2. The largest absolute Gasteiger partial charge is 0.475 e. The molecule has 3 rings (SSSR count). The number of hydrogen-bond acceptors (Lipinski definition) is 5. The van der Waals surface area contributed by atoms with E-state index in [1.54, 1.807) is 0 Å². The molecule has 2 heterocycles. The summed E-state index contributed by atoms with van der Waals surface area (Å²) in [6, 6.07) is 0. The highest BCUT2D eigenvalue weighted by Crippen LogP contribution is 2.48. The summed E-state index contributed by atoms with van der Waals surface area (Å²) in [5.74, 6) is -0.980. The molecule has 0 radical (unpaired) electrons. The number of carboxylic acids is 1. The van der Waals surface area contributed by atoms with Gasteiger partial charge in [-0.05, 0) is 30.8 Å². The molecule has 6 heteroatoms. The topological polar surface area (TPSA) is 85.5 Å². The zero-order valence-corrected chi connectivity index (χ0v) is 8.68. The van der Waals surface area contributed by atoms with E-state index in [1.165, 1.54) is 0 Å². The summed E-state index contributed by atoms with van der Waals surface area (Å²) < 4.78 is 10.7. The van der Waals surface area contributed by atoms with Gasteiger partial charge in [-0.2, -0.15) is 4.98 Å². The molecule has 2 aliphatic rings. The van der Waals surface area contributed by atoms with Crippen LogP contribution in [0.5, 0.6) is 0 Å². The number of aromatic carboxylic acids is 1. The van der Waals surface area contributed by atoms with Crippen molar-refractivity contribution in [3.8, 4) is 0 Å². The lowest BCUT2D eigenvalue weighted by molar-refractivity contribution is 0.0680. The number of carboxylic acid groups (broad SMARTS) is 1. The molecule has 0 spiro atoms. The van der Waals surface area contributed by atoms with Crippen LogP contribution in [0.1, 0.15) is 42.2 Å². The average molecular weight is 224 g/mol. The van der Waals surface area contributed by atoms with Gasteiger partial charge in [0.1, 0.15) is 0 Å². The number of nitrogens with zero attached hydrogens (tertiary/aromatic N) is 2. The van der Waals surface area contributed by atoms with E-state index in [1.807, 2.05) is 0 Å². The monoisotopic (exact) mass is 224 g/mol. The van der Waals surface area contributed by atoms with E-state index in [0.29, 0.717) is 12.5 Å². The lowest BCUT2D eigenvalue weighted by Crippen LogP contribution is -2.30. The Morgan fingerprint density at radius 3 is 3.12 bits per heavy atom. The third-order valence-electron chi connectivity index (χ3n) is 3.62. The number of rotatable bonds is 2. The van der Waals surface area contributed by atoms with Crippen molar-refractivity contribution in [1.82, 2.24) is 10.1 Å².